The molecule has 4 amide bonds. The van der Waals surface area contributed by atoms with E-state index in [0.717, 1.165) is 37.8 Å². The molecule has 3 N–H and O–H groups in total. The van der Waals surface area contributed by atoms with E-state index in [0.29, 0.717) is 39.0 Å². The molecule has 0 radical (unpaired) electrons. The fourth-order valence-corrected chi connectivity index (χ4v) is 4.55. The highest BCUT2D eigenvalue weighted by Gasteiger charge is 2.54. The van der Waals surface area contributed by atoms with E-state index in [4.69, 9.17) is 5.11 Å². The Hall–Kier alpha value is -3.05. The zero-order valence-electron chi connectivity index (χ0n) is 18.6. The molecule has 0 aromatic heterocycles. The van der Waals surface area contributed by atoms with Crippen LogP contribution in [0.2, 0.25) is 0 Å². The maximum atomic E-state index is 13.0. The van der Waals surface area contributed by atoms with E-state index in [9.17, 15) is 24.5 Å². The third-order valence-electron chi connectivity index (χ3n) is 6.40. The van der Waals surface area contributed by atoms with E-state index in [1.807, 2.05) is 4.90 Å². The summed E-state index contributed by atoms with van der Waals surface area (Å²) in [5.41, 5.74) is -0.571. The first kappa shape index (κ1) is 24.6. The number of rotatable bonds is 11. The summed E-state index contributed by atoms with van der Waals surface area (Å²) >= 11 is 0. The van der Waals surface area contributed by atoms with Crippen LogP contribution in [0, 0.1) is 10.1 Å². The van der Waals surface area contributed by atoms with Gasteiger partial charge in [0, 0.05) is 50.6 Å². The number of hydrogen-bond donors (Lipinski definition) is 3. The van der Waals surface area contributed by atoms with Crippen LogP contribution in [0.3, 0.4) is 0 Å². The van der Waals surface area contributed by atoms with Crippen LogP contribution in [0.1, 0.15) is 44.9 Å². The number of barbiturate groups is 1. The minimum absolute atomic E-state index is 0.0212. The van der Waals surface area contributed by atoms with Gasteiger partial charge in [-0.1, -0.05) is 32.1 Å². The largest absolute Gasteiger partial charge is 0.396 e. The summed E-state index contributed by atoms with van der Waals surface area (Å²) in [4.78, 5) is 51.9. The molecule has 2 aliphatic heterocycles. The van der Waals surface area contributed by atoms with Gasteiger partial charge in [0.05, 0.1) is 4.92 Å². The molecule has 1 aromatic carbocycles. The van der Waals surface area contributed by atoms with Crippen molar-refractivity contribution in [2.45, 2.75) is 50.5 Å². The minimum Gasteiger partial charge on any atom is -0.396 e. The second-order valence-corrected chi connectivity index (χ2v) is 8.44. The number of benzene rings is 1. The van der Waals surface area contributed by atoms with Crippen LogP contribution in [-0.2, 0) is 9.59 Å². The molecule has 11 nitrogen and oxygen atoms in total. The molecule has 0 unspecified atom stereocenters. The second-order valence-electron chi connectivity index (χ2n) is 8.44. The number of non-ortho nitro benzene ring substituents is 1. The fourth-order valence-electron chi connectivity index (χ4n) is 4.55. The molecule has 2 heterocycles. The summed E-state index contributed by atoms with van der Waals surface area (Å²) < 4.78 is 0. The molecule has 180 valence electrons. The van der Waals surface area contributed by atoms with Crippen molar-refractivity contribution in [1.82, 2.24) is 15.5 Å². The van der Waals surface area contributed by atoms with Crippen molar-refractivity contribution in [2.24, 2.45) is 0 Å². The van der Waals surface area contributed by atoms with Crippen LogP contribution >= 0.6 is 0 Å². The van der Waals surface area contributed by atoms with Gasteiger partial charge in [0.25, 0.3) is 17.5 Å². The molecule has 11 heteroatoms. The number of amides is 4. The number of urea groups is 1. The van der Waals surface area contributed by atoms with Crippen LogP contribution < -0.4 is 15.5 Å². The number of hydrogen-bond acceptors (Lipinski definition) is 8. The SMILES string of the molecule is O=C1NC(=O)C(CCCCCCCCO)(N2CCN(c3ccc([N+](=O)[O-])cc3)CC2)C(=O)N1. The van der Waals surface area contributed by atoms with Crippen molar-refractivity contribution in [3.05, 3.63) is 34.4 Å². The Labute approximate surface area is 192 Å². The smallest absolute Gasteiger partial charge is 0.328 e. The van der Waals surface area contributed by atoms with E-state index in [1.54, 1.807) is 12.1 Å². The molecule has 2 aliphatic rings. The summed E-state index contributed by atoms with van der Waals surface area (Å²) in [7, 11) is 0. The van der Waals surface area contributed by atoms with E-state index in [1.165, 1.54) is 12.1 Å². The van der Waals surface area contributed by atoms with Crippen molar-refractivity contribution in [3.63, 3.8) is 0 Å². The van der Waals surface area contributed by atoms with Gasteiger partial charge in [-0.3, -0.25) is 35.2 Å². The third kappa shape index (κ3) is 5.66. The molecule has 33 heavy (non-hydrogen) atoms. The average Bonchev–Trinajstić information content (AvgIpc) is 2.80. The van der Waals surface area contributed by atoms with Crippen molar-refractivity contribution in [2.75, 3.05) is 37.7 Å². The number of nitrogens with zero attached hydrogens (tertiary/aromatic N) is 3. The highest BCUT2D eigenvalue weighted by molar-refractivity contribution is 6.22. The van der Waals surface area contributed by atoms with Crippen LogP contribution in [0.5, 0.6) is 0 Å². The normalized spacial score (nSPS) is 18.7. The molecule has 0 atom stereocenters. The molecule has 2 saturated heterocycles. The molecule has 3 rings (SSSR count). The van der Waals surface area contributed by atoms with Gasteiger partial charge in [0.1, 0.15) is 0 Å². The lowest BCUT2D eigenvalue weighted by atomic mass is 9.85. The van der Waals surface area contributed by atoms with E-state index < -0.39 is 28.3 Å². The molecule has 0 bridgehead atoms. The Morgan fingerprint density at radius 3 is 1.97 bits per heavy atom. The van der Waals surface area contributed by atoms with Crippen LogP contribution in [-0.4, -0.2) is 71.1 Å². The van der Waals surface area contributed by atoms with E-state index in [-0.39, 0.29) is 12.3 Å². The molecule has 0 saturated carbocycles. The average molecular weight is 462 g/mol. The van der Waals surface area contributed by atoms with Crippen molar-refractivity contribution >= 4 is 29.2 Å². The highest BCUT2D eigenvalue weighted by Crippen LogP contribution is 2.29. The van der Waals surface area contributed by atoms with Gasteiger partial charge in [0.2, 0.25) is 0 Å². The number of imide groups is 2. The predicted octanol–water partition coefficient (Wildman–Crippen LogP) is 1.54. The summed E-state index contributed by atoms with van der Waals surface area (Å²) in [6.07, 6.45) is 5.48. The Morgan fingerprint density at radius 1 is 0.879 bits per heavy atom. The Kier molecular flexibility index (Phi) is 8.34. The molecule has 1 aromatic rings. The van der Waals surface area contributed by atoms with Gasteiger partial charge >= 0.3 is 6.03 Å². The molecule has 0 aliphatic carbocycles. The summed E-state index contributed by atoms with van der Waals surface area (Å²) in [6, 6.07) is 5.50. The number of nitrogens with one attached hydrogen (secondary N) is 2. The number of carbonyl (C=O) groups is 3. The number of aliphatic hydroxyl groups excluding tert-OH is 1. The van der Waals surface area contributed by atoms with E-state index >= 15 is 0 Å². The lowest BCUT2D eigenvalue weighted by Crippen LogP contribution is -2.74. The van der Waals surface area contributed by atoms with Crippen molar-refractivity contribution < 1.29 is 24.4 Å². The Balaban J connectivity index is 1.65. The Bertz CT molecular complexity index is 847. The highest BCUT2D eigenvalue weighted by atomic mass is 16.6. The quantitative estimate of drug-likeness (QED) is 0.195. The maximum absolute atomic E-state index is 13.0. The lowest BCUT2D eigenvalue weighted by molar-refractivity contribution is -0.384. The summed E-state index contributed by atoms with van der Waals surface area (Å²) in [5, 5.41) is 24.3. The van der Waals surface area contributed by atoms with Gasteiger partial charge in [-0.15, -0.1) is 0 Å². The van der Waals surface area contributed by atoms with Gasteiger partial charge in [-0.25, -0.2) is 4.79 Å². The topological polar surface area (TPSA) is 145 Å². The maximum Gasteiger partial charge on any atom is 0.328 e. The number of unbranched alkanes of at least 4 members (excludes halogenated alkanes) is 5. The zero-order valence-corrected chi connectivity index (χ0v) is 18.6. The number of nitro groups is 1. The monoisotopic (exact) mass is 461 g/mol. The number of piperazine rings is 1. The first-order valence-corrected chi connectivity index (χ1v) is 11.4. The second kappa shape index (κ2) is 11.2. The Morgan fingerprint density at radius 2 is 1.42 bits per heavy atom. The fraction of sp³-hybridized carbons (Fsp3) is 0.591. The first-order chi connectivity index (χ1) is 15.9. The number of carbonyl (C=O) groups excluding carboxylic acids is 3. The molecule has 0 spiro atoms. The minimum atomic E-state index is -1.43. The number of nitro benzene ring substituents is 1. The van der Waals surface area contributed by atoms with Crippen molar-refractivity contribution in [3.8, 4) is 0 Å². The molecule has 2 fully saturated rings. The first-order valence-electron chi connectivity index (χ1n) is 11.4. The van der Waals surface area contributed by atoms with Gasteiger partial charge in [0.15, 0.2) is 5.54 Å². The standard InChI is InChI=1S/C22H31N5O6/c28-16-6-4-2-1-3-5-11-22(19(29)23-21(31)24-20(22)30)26-14-12-25(13-15-26)17-7-9-18(10-8-17)27(32)33/h7-10,28H,1-6,11-16H2,(H2,23,24,29,30,31). The van der Waals surface area contributed by atoms with E-state index in [2.05, 4.69) is 15.5 Å². The van der Waals surface area contributed by atoms with Crippen LogP contribution in [0.15, 0.2) is 24.3 Å². The third-order valence-corrected chi connectivity index (χ3v) is 6.40. The van der Waals surface area contributed by atoms with Gasteiger partial charge in [-0.05, 0) is 25.0 Å². The number of anilines is 1. The zero-order chi connectivity index (χ0) is 23.8. The summed E-state index contributed by atoms with van der Waals surface area (Å²) in [6.45, 7) is 2.12. The van der Waals surface area contributed by atoms with Crippen LogP contribution in [0.4, 0.5) is 16.2 Å². The predicted molar refractivity (Wildman–Crippen MR) is 121 cm³/mol. The number of aliphatic hydroxyl groups is 1. The van der Waals surface area contributed by atoms with Gasteiger partial charge < -0.3 is 10.0 Å². The van der Waals surface area contributed by atoms with Crippen molar-refractivity contribution in [1.29, 1.82) is 0 Å². The lowest BCUT2D eigenvalue weighted by Gasteiger charge is -2.47. The molecular weight excluding hydrogens is 430 g/mol. The van der Waals surface area contributed by atoms with Gasteiger partial charge in [-0.2, -0.15) is 0 Å². The molecular formula is C22H31N5O6. The van der Waals surface area contributed by atoms with Crippen LogP contribution in [0.25, 0.3) is 0 Å². The summed E-state index contributed by atoms with van der Waals surface area (Å²) in [5.74, 6) is -1.17.